The second-order valence-corrected chi connectivity index (χ2v) is 5.07. The van der Waals surface area contributed by atoms with Crippen LogP contribution in [-0.2, 0) is 19.2 Å². The molecule has 7 heteroatoms. The Morgan fingerprint density at radius 3 is 2.76 bits per heavy atom. The number of aliphatic hydroxyl groups is 1. The van der Waals surface area contributed by atoms with Crippen LogP contribution in [0.4, 0.5) is 0 Å². The van der Waals surface area contributed by atoms with Crippen molar-refractivity contribution < 1.29 is 24.3 Å². The molecule has 1 N–H and O–H groups in total. The number of amides is 2. The molecule has 0 aromatic heterocycles. The largest absolute Gasteiger partial charge is 0.383 e. The quantitative estimate of drug-likeness (QED) is 0.706. The summed E-state index contributed by atoms with van der Waals surface area (Å²) >= 11 is 1.62. The predicted molar refractivity (Wildman–Crippen MR) is 60.8 cm³/mol. The van der Waals surface area contributed by atoms with Gasteiger partial charge in [-0.25, -0.2) is 4.79 Å². The molecule has 6 nitrogen and oxygen atoms in total. The fourth-order valence-corrected chi connectivity index (χ4v) is 1.63. The number of aliphatic hydroxyl groups excluding tert-OH is 1. The average molecular weight is 261 g/mol. The molecule has 2 atom stereocenters. The number of carbonyl (C=O) groups is 3. The molecule has 17 heavy (non-hydrogen) atoms. The molecule has 1 saturated heterocycles. The Kier molecular flexibility index (Phi) is 4.95. The molecule has 0 spiro atoms. The summed E-state index contributed by atoms with van der Waals surface area (Å²) in [6.45, 7) is 1.97. The van der Waals surface area contributed by atoms with Gasteiger partial charge in [-0.1, -0.05) is 12.0 Å². The van der Waals surface area contributed by atoms with E-state index in [-0.39, 0.29) is 12.8 Å². The lowest BCUT2D eigenvalue weighted by Crippen LogP contribution is -2.34. The molecule has 0 aliphatic carbocycles. The fraction of sp³-hybridized carbons (Fsp3) is 0.700. The van der Waals surface area contributed by atoms with E-state index in [1.165, 1.54) is 0 Å². The number of imide groups is 1. The van der Waals surface area contributed by atoms with Gasteiger partial charge in [-0.15, -0.1) is 0 Å². The standard InChI is InChI=1S/C10H15NO5S/c1-6(17-2)3-4-9(14)16-11-8(13)5-7(12)10(11)15/h6-7,12H,3-5H2,1-2H3. The Balaban J connectivity index is 2.41. The van der Waals surface area contributed by atoms with Crippen LogP contribution in [0, 0.1) is 0 Å². The third kappa shape index (κ3) is 3.71. The molecule has 0 saturated carbocycles. The number of thioether (sulfide) groups is 1. The minimum Gasteiger partial charge on any atom is -0.383 e. The molecule has 1 aliphatic rings. The molecule has 2 amide bonds. The van der Waals surface area contributed by atoms with Crippen molar-refractivity contribution in [1.29, 1.82) is 0 Å². The van der Waals surface area contributed by atoms with Crippen molar-refractivity contribution in [2.24, 2.45) is 0 Å². The fourth-order valence-electron chi connectivity index (χ4n) is 1.28. The number of hydroxylamine groups is 2. The van der Waals surface area contributed by atoms with Gasteiger partial charge in [-0.2, -0.15) is 11.8 Å². The van der Waals surface area contributed by atoms with Gasteiger partial charge in [0.2, 0.25) is 0 Å². The number of hydrogen-bond acceptors (Lipinski definition) is 6. The summed E-state index contributed by atoms with van der Waals surface area (Å²) in [5.41, 5.74) is 0. The topological polar surface area (TPSA) is 83.9 Å². The van der Waals surface area contributed by atoms with E-state index in [1.54, 1.807) is 11.8 Å². The zero-order valence-electron chi connectivity index (χ0n) is 9.71. The molecule has 0 radical (unpaired) electrons. The second kappa shape index (κ2) is 6.02. The Labute approximate surface area is 103 Å². The maximum atomic E-state index is 11.4. The molecule has 0 bridgehead atoms. The zero-order chi connectivity index (χ0) is 13.0. The van der Waals surface area contributed by atoms with Crippen LogP contribution < -0.4 is 0 Å². The summed E-state index contributed by atoms with van der Waals surface area (Å²) in [6.07, 6.45) is 0.960. The van der Waals surface area contributed by atoms with E-state index in [0.717, 1.165) is 0 Å². The maximum absolute atomic E-state index is 11.4. The minimum atomic E-state index is -1.39. The Hall–Kier alpha value is -1.08. The van der Waals surface area contributed by atoms with Crippen LogP contribution >= 0.6 is 11.8 Å². The molecule has 1 aliphatic heterocycles. The Morgan fingerprint density at radius 2 is 2.29 bits per heavy atom. The van der Waals surface area contributed by atoms with Crippen molar-refractivity contribution in [1.82, 2.24) is 5.06 Å². The Bertz CT molecular complexity index is 333. The lowest BCUT2D eigenvalue weighted by atomic mass is 10.2. The summed E-state index contributed by atoms with van der Waals surface area (Å²) in [7, 11) is 0. The first-order chi connectivity index (χ1) is 7.95. The van der Waals surface area contributed by atoms with E-state index in [9.17, 15) is 14.4 Å². The summed E-state index contributed by atoms with van der Waals surface area (Å²) in [5.74, 6) is -2.20. The molecular formula is C10H15NO5S. The number of carbonyl (C=O) groups excluding carboxylic acids is 3. The van der Waals surface area contributed by atoms with Crippen LogP contribution in [0.3, 0.4) is 0 Å². The van der Waals surface area contributed by atoms with Gasteiger partial charge in [-0.05, 0) is 12.7 Å². The molecule has 0 aromatic carbocycles. The van der Waals surface area contributed by atoms with E-state index < -0.39 is 23.9 Å². The highest BCUT2D eigenvalue weighted by molar-refractivity contribution is 7.99. The first-order valence-electron chi connectivity index (χ1n) is 5.24. The number of hydrogen-bond donors (Lipinski definition) is 1. The lowest BCUT2D eigenvalue weighted by molar-refractivity contribution is -0.198. The highest BCUT2D eigenvalue weighted by Crippen LogP contribution is 2.16. The van der Waals surface area contributed by atoms with Crippen LogP contribution in [0.2, 0.25) is 0 Å². The van der Waals surface area contributed by atoms with E-state index in [1.807, 2.05) is 13.2 Å². The minimum absolute atomic E-state index is 0.134. The van der Waals surface area contributed by atoms with Crippen LogP contribution in [0.5, 0.6) is 0 Å². The molecule has 96 valence electrons. The van der Waals surface area contributed by atoms with Crippen LogP contribution in [0.1, 0.15) is 26.2 Å². The molecule has 1 rings (SSSR count). The SMILES string of the molecule is CSC(C)CCC(=O)ON1C(=O)CC(O)C1=O. The monoisotopic (exact) mass is 261 g/mol. The van der Waals surface area contributed by atoms with Crippen molar-refractivity contribution in [3.05, 3.63) is 0 Å². The Morgan fingerprint density at radius 1 is 1.65 bits per heavy atom. The van der Waals surface area contributed by atoms with Gasteiger partial charge in [0.25, 0.3) is 11.8 Å². The number of nitrogens with zero attached hydrogens (tertiary/aromatic N) is 1. The van der Waals surface area contributed by atoms with Gasteiger partial charge >= 0.3 is 5.97 Å². The second-order valence-electron chi connectivity index (χ2n) is 3.79. The molecule has 0 aromatic rings. The van der Waals surface area contributed by atoms with E-state index in [4.69, 9.17) is 5.11 Å². The summed E-state index contributed by atoms with van der Waals surface area (Å²) in [4.78, 5) is 38.4. The van der Waals surface area contributed by atoms with Crippen LogP contribution in [0.15, 0.2) is 0 Å². The van der Waals surface area contributed by atoms with Crippen molar-refractivity contribution in [2.75, 3.05) is 6.26 Å². The normalized spacial score (nSPS) is 21.8. The van der Waals surface area contributed by atoms with Crippen LogP contribution in [-0.4, -0.2) is 45.6 Å². The summed E-state index contributed by atoms with van der Waals surface area (Å²) in [5, 5.41) is 9.76. The van der Waals surface area contributed by atoms with Crippen molar-refractivity contribution >= 4 is 29.5 Å². The molecule has 2 unspecified atom stereocenters. The molecular weight excluding hydrogens is 246 g/mol. The predicted octanol–water partition coefficient (Wildman–Crippen LogP) is 0.0961. The van der Waals surface area contributed by atoms with E-state index in [2.05, 4.69) is 4.84 Å². The summed E-state index contributed by atoms with van der Waals surface area (Å²) in [6, 6.07) is 0. The summed E-state index contributed by atoms with van der Waals surface area (Å²) < 4.78 is 0. The first kappa shape index (κ1) is 14.0. The average Bonchev–Trinajstić information content (AvgIpc) is 2.53. The third-order valence-corrected chi connectivity index (χ3v) is 3.47. The van der Waals surface area contributed by atoms with Gasteiger partial charge in [0.1, 0.15) is 6.10 Å². The lowest BCUT2D eigenvalue weighted by Gasteiger charge is -2.13. The van der Waals surface area contributed by atoms with Crippen molar-refractivity contribution in [2.45, 2.75) is 37.5 Å². The van der Waals surface area contributed by atoms with Gasteiger partial charge in [0.15, 0.2) is 0 Å². The smallest absolute Gasteiger partial charge is 0.333 e. The highest BCUT2D eigenvalue weighted by atomic mass is 32.2. The van der Waals surface area contributed by atoms with Gasteiger partial charge in [-0.3, -0.25) is 9.59 Å². The van der Waals surface area contributed by atoms with Gasteiger partial charge in [0, 0.05) is 11.7 Å². The van der Waals surface area contributed by atoms with Crippen LogP contribution in [0.25, 0.3) is 0 Å². The van der Waals surface area contributed by atoms with Crippen molar-refractivity contribution in [3.8, 4) is 0 Å². The molecule has 1 fully saturated rings. The van der Waals surface area contributed by atoms with Crippen molar-refractivity contribution in [3.63, 3.8) is 0 Å². The van der Waals surface area contributed by atoms with Gasteiger partial charge < -0.3 is 9.94 Å². The van der Waals surface area contributed by atoms with E-state index in [0.29, 0.717) is 16.7 Å². The zero-order valence-corrected chi connectivity index (χ0v) is 10.5. The molecule has 1 heterocycles. The maximum Gasteiger partial charge on any atom is 0.333 e. The number of rotatable bonds is 5. The first-order valence-corrected chi connectivity index (χ1v) is 6.53. The van der Waals surface area contributed by atoms with E-state index >= 15 is 0 Å². The third-order valence-electron chi connectivity index (χ3n) is 2.43. The highest BCUT2D eigenvalue weighted by Gasteiger charge is 2.40. The van der Waals surface area contributed by atoms with Gasteiger partial charge in [0.05, 0.1) is 6.42 Å².